The minimum absolute atomic E-state index is 0.297. The monoisotopic (exact) mass is 362 g/mol. The van der Waals surface area contributed by atoms with E-state index in [0.29, 0.717) is 22.8 Å². The van der Waals surface area contributed by atoms with Crippen LogP contribution < -0.4 is 4.74 Å². The molecule has 2 aromatic carbocycles. The van der Waals surface area contributed by atoms with E-state index in [2.05, 4.69) is 0 Å². The van der Waals surface area contributed by atoms with E-state index in [1.807, 2.05) is 24.3 Å². The van der Waals surface area contributed by atoms with Crippen molar-refractivity contribution in [1.82, 2.24) is 0 Å². The molecule has 1 aliphatic rings. The topological polar surface area (TPSA) is 52.6 Å². The molecule has 24 heavy (non-hydrogen) atoms. The normalized spacial score (nSPS) is 15.7. The van der Waals surface area contributed by atoms with Crippen molar-refractivity contribution in [1.29, 1.82) is 0 Å². The number of carbonyl (C=O) groups is 2. The zero-order chi connectivity index (χ0) is 17.1. The number of methoxy groups -OCH3 is 1. The molecule has 124 valence electrons. The molecule has 1 aliphatic heterocycles. The van der Waals surface area contributed by atoms with Crippen LogP contribution in [0.3, 0.4) is 0 Å². The second kappa shape index (κ2) is 7.28. The number of rotatable bonds is 5. The molecule has 1 unspecified atom stereocenters. The summed E-state index contributed by atoms with van der Waals surface area (Å²) in [5.41, 5.74) is 1.52. The Morgan fingerprint density at radius 1 is 1.25 bits per heavy atom. The summed E-state index contributed by atoms with van der Waals surface area (Å²) in [6.45, 7) is -0.297. The number of hydrogen-bond acceptors (Lipinski definition) is 5. The Bertz CT molecular complexity index is 765. The lowest BCUT2D eigenvalue weighted by Crippen LogP contribution is -2.23. The lowest BCUT2D eigenvalue weighted by molar-refractivity contribution is -0.141. The van der Waals surface area contributed by atoms with Gasteiger partial charge in [0.05, 0.1) is 12.1 Å². The van der Waals surface area contributed by atoms with Crippen LogP contribution >= 0.6 is 23.4 Å². The van der Waals surface area contributed by atoms with Crippen LogP contribution in [0.5, 0.6) is 5.75 Å². The highest BCUT2D eigenvalue weighted by Crippen LogP contribution is 2.37. The minimum Gasteiger partial charge on any atom is -0.495 e. The molecule has 6 heteroatoms. The van der Waals surface area contributed by atoms with Gasteiger partial charge in [-0.05, 0) is 36.2 Å². The molecule has 0 fully saturated rings. The minimum atomic E-state index is -0.371. The zero-order valence-electron chi connectivity index (χ0n) is 13.0. The standard InChI is InChI=1S/C18H15ClO4S/c1-22-15-7-6-11(8-13(15)19)14(20)10-23-18(21)17-9-12-4-2-3-5-16(12)24-17/h2-8,17H,9-10H2,1H3. The van der Waals surface area contributed by atoms with Gasteiger partial charge in [0.15, 0.2) is 12.4 Å². The average molecular weight is 363 g/mol. The summed E-state index contributed by atoms with van der Waals surface area (Å²) in [5, 5.41) is 0.0473. The van der Waals surface area contributed by atoms with Gasteiger partial charge in [-0.15, -0.1) is 11.8 Å². The summed E-state index contributed by atoms with van der Waals surface area (Å²) in [6.07, 6.45) is 0.627. The highest BCUT2D eigenvalue weighted by atomic mass is 35.5. The van der Waals surface area contributed by atoms with E-state index in [1.165, 1.54) is 24.9 Å². The summed E-state index contributed by atoms with van der Waals surface area (Å²) in [6, 6.07) is 12.6. The largest absolute Gasteiger partial charge is 0.495 e. The Hall–Kier alpha value is -1.98. The van der Waals surface area contributed by atoms with Crippen LogP contribution in [0.25, 0.3) is 0 Å². The van der Waals surface area contributed by atoms with Crippen molar-refractivity contribution in [2.75, 3.05) is 13.7 Å². The molecule has 2 aromatic rings. The molecule has 0 spiro atoms. The molecule has 0 aliphatic carbocycles. The second-order valence-electron chi connectivity index (χ2n) is 5.30. The number of ether oxygens (including phenoxy) is 2. The lowest BCUT2D eigenvalue weighted by Gasteiger charge is -2.09. The first-order chi connectivity index (χ1) is 11.6. The summed E-state index contributed by atoms with van der Waals surface area (Å²) in [4.78, 5) is 25.4. The zero-order valence-corrected chi connectivity index (χ0v) is 14.5. The molecule has 0 saturated heterocycles. The van der Waals surface area contributed by atoms with Crippen molar-refractivity contribution in [3.8, 4) is 5.75 Å². The summed E-state index contributed by atoms with van der Waals surface area (Å²) < 4.78 is 10.2. The fourth-order valence-electron chi connectivity index (χ4n) is 2.47. The third-order valence-electron chi connectivity index (χ3n) is 3.73. The molecule has 0 N–H and O–H groups in total. The average Bonchev–Trinajstić information content (AvgIpc) is 3.03. The maximum atomic E-state index is 12.2. The highest BCUT2D eigenvalue weighted by molar-refractivity contribution is 8.01. The maximum Gasteiger partial charge on any atom is 0.320 e. The molecule has 4 nitrogen and oxygen atoms in total. The quantitative estimate of drug-likeness (QED) is 0.598. The van der Waals surface area contributed by atoms with Crippen LogP contribution in [-0.4, -0.2) is 30.7 Å². The Morgan fingerprint density at radius 3 is 2.75 bits per heavy atom. The molecule has 3 rings (SSSR count). The first-order valence-corrected chi connectivity index (χ1v) is 8.62. The summed E-state index contributed by atoms with van der Waals surface area (Å²) in [5.74, 6) is -0.178. The predicted octanol–water partition coefficient (Wildman–Crippen LogP) is 3.79. The number of halogens is 1. The second-order valence-corrected chi connectivity index (χ2v) is 6.95. The summed E-state index contributed by atoms with van der Waals surface area (Å²) in [7, 11) is 1.50. The van der Waals surface area contributed by atoms with Gasteiger partial charge in [-0.25, -0.2) is 0 Å². The fourth-order valence-corrected chi connectivity index (χ4v) is 3.92. The van der Waals surface area contributed by atoms with Crippen LogP contribution in [-0.2, 0) is 16.0 Å². The highest BCUT2D eigenvalue weighted by Gasteiger charge is 2.29. The molecular formula is C18H15ClO4S. The first-order valence-electron chi connectivity index (χ1n) is 7.36. The van der Waals surface area contributed by atoms with Gasteiger partial charge in [-0.1, -0.05) is 29.8 Å². The van der Waals surface area contributed by atoms with Gasteiger partial charge in [-0.2, -0.15) is 0 Å². The number of Topliss-reactive ketones (excluding diaryl/α,β-unsaturated/α-hetero) is 1. The van der Waals surface area contributed by atoms with E-state index in [1.54, 1.807) is 12.1 Å². The molecule has 0 amide bonds. The third kappa shape index (κ3) is 3.57. The van der Waals surface area contributed by atoms with E-state index in [0.717, 1.165) is 10.5 Å². The Kier molecular flexibility index (Phi) is 5.11. The van der Waals surface area contributed by atoms with Crippen molar-refractivity contribution in [3.05, 3.63) is 58.6 Å². The number of thioether (sulfide) groups is 1. The first kappa shape index (κ1) is 16.9. The number of hydrogen-bond donors (Lipinski definition) is 0. The Morgan fingerprint density at radius 2 is 2.04 bits per heavy atom. The van der Waals surface area contributed by atoms with Crippen molar-refractivity contribution >= 4 is 35.1 Å². The van der Waals surface area contributed by atoms with E-state index in [4.69, 9.17) is 21.1 Å². The smallest absolute Gasteiger partial charge is 0.320 e. The number of esters is 1. The van der Waals surface area contributed by atoms with Crippen molar-refractivity contribution < 1.29 is 19.1 Å². The van der Waals surface area contributed by atoms with E-state index < -0.39 is 0 Å². The van der Waals surface area contributed by atoms with Gasteiger partial charge >= 0.3 is 5.97 Å². The molecule has 1 heterocycles. The molecular weight excluding hydrogens is 348 g/mol. The SMILES string of the molecule is COc1ccc(C(=O)COC(=O)C2Cc3ccccc3S2)cc1Cl. The van der Waals surface area contributed by atoms with E-state index in [9.17, 15) is 9.59 Å². The third-order valence-corrected chi connectivity index (χ3v) is 5.32. The fraction of sp³-hybridized carbons (Fsp3) is 0.222. The van der Waals surface area contributed by atoms with Gasteiger partial charge in [0.2, 0.25) is 0 Å². The summed E-state index contributed by atoms with van der Waals surface area (Å²) >= 11 is 7.48. The van der Waals surface area contributed by atoms with Crippen LogP contribution in [0, 0.1) is 0 Å². The predicted molar refractivity (Wildman–Crippen MR) is 93.1 cm³/mol. The number of fused-ring (bicyclic) bond motifs is 1. The van der Waals surface area contributed by atoms with Crippen molar-refractivity contribution in [2.45, 2.75) is 16.6 Å². The number of ketones is 1. The molecule has 0 aromatic heterocycles. The molecule has 1 atom stereocenters. The maximum absolute atomic E-state index is 12.2. The van der Waals surface area contributed by atoms with Gasteiger partial charge in [0.25, 0.3) is 0 Å². The molecule has 0 saturated carbocycles. The van der Waals surface area contributed by atoms with Crippen LogP contribution in [0.15, 0.2) is 47.4 Å². The number of benzene rings is 2. The van der Waals surface area contributed by atoms with Gasteiger partial charge in [0.1, 0.15) is 11.0 Å². The van der Waals surface area contributed by atoms with Crippen LogP contribution in [0.1, 0.15) is 15.9 Å². The molecule has 0 radical (unpaired) electrons. The van der Waals surface area contributed by atoms with Gasteiger partial charge in [0, 0.05) is 10.5 Å². The van der Waals surface area contributed by atoms with Gasteiger partial charge < -0.3 is 9.47 Å². The van der Waals surface area contributed by atoms with Gasteiger partial charge in [-0.3, -0.25) is 9.59 Å². The van der Waals surface area contributed by atoms with Crippen LogP contribution in [0.2, 0.25) is 5.02 Å². The van der Waals surface area contributed by atoms with E-state index >= 15 is 0 Å². The number of carbonyl (C=O) groups excluding carboxylic acids is 2. The van der Waals surface area contributed by atoms with Crippen molar-refractivity contribution in [3.63, 3.8) is 0 Å². The Labute approximate surface area is 149 Å². The Balaban J connectivity index is 1.57. The van der Waals surface area contributed by atoms with Crippen molar-refractivity contribution in [2.24, 2.45) is 0 Å². The van der Waals surface area contributed by atoms with Crippen LogP contribution in [0.4, 0.5) is 0 Å². The molecule has 0 bridgehead atoms. The van der Waals surface area contributed by atoms with E-state index in [-0.39, 0.29) is 23.6 Å². The lowest BCUT2D eigenvalue weighted by atomic mass is 10.1.